The van der Waals surface area contributed by atoms with Crippen molar-refractivity contribution in [2.45, 2.75) is 26.8 Å². The van der Waals surface area contributed by atoms with Gasteiger partial charge in [-0.3, -0.25) is 10.1 Å². The molecule has 0 radical (unpaired) electrons. The molecule has 2 N–H and O–H groups in total. The molecule has 4 nitrogen and oxygen atoms in total. The van der Waals surface area contributed by atoms with Gasteiger partial charge in [0.2, 0.25) is 0 Å². The maximum absolute atomic E-state index is 4.14. The maximum atomic E-state index is 4.14. The molecule has 2 heterocycles. The van der Waals surface area contributed by atoms with Crippen molar-refractivity contribution in [3.05, 3.63) is 36.3 Å². The number of hydrogen-bond acceptors (Lipinski definition) is 3. The highest BCUT2D eigenvalue weighted by atomic mass is 15.1. The summed E-state index contributed by atoms with van der Waals surface area (Å²) in [5, 5.41) is 10.6. The molecule has 0 amide bonds. The second-order valence-electron chi connectivity index (χ2n) is 4.66. The Morgan fingerprint density at radius 1 is 1.39 bits per heavy atom. The fourth-order valence-electron chi connectivity index (χ4n) is 1.80. The summed E-state index contributed by atoms with van der Waals surface area (Å²) in [7, 11) is 0. The van der Waals surface area contributed by atoms with E-state index in [1.807, 2.05) is 24.5 Å². The zero-order valence-electron chi connectivity index (χ0n) is 11.0. The largest absolute Gasteiger partial charge is 0.312 e. The van der Waals surface area contributed by atoms with Crippen molar-refractivity contribution in [2.75, 3.05) is 6.54 Å². The Morgan fingerprint density at radius 2 is 2.28 bits per heavy atom. The van der Waals surface area contributed by atoms with Crippen LogP contribution in [0.15, 0.2) is 30.7 Å². The van der Waals surface area contributed by atoms with Crippen LogP contribution in [0.2, 0.25) is 0 Å². The highest BCUT2D eigenvalue weighted by Gasteiger charge is 2.07. The number of aromatic amines is 1. The lowest BCUT2D eigenvalue weighted by molar-refractivity contribution is 0.500. The Labute approximate surface area is 108 Å². The lowest BCUT2D eigenvalue weighted by atomic mass is 10.1. The lowest BCUT2D eigenvalue weighted by Crippen LogP contribution is -2.20. The van der Waals surface area contributed by atoms with Gasteiger partial charge in [-0.15, -0.1) is 0 Å². The van der Waals surface area contributed by atoms with Crippen molar-refractivity contribution in [3.63, 3.8) is 0 Å². The predicted octanol–water partition coefficient (Wildman–Crippen LogP) is 2.61. The van der Waals surface area contributed by atoms with Crippen LogP contribution in [-0.2, 0) is 6.54 Å². The third-order valence-corrected chi connectivity index (χ3v) is 3.17. The summed E-state index contributed by atoms with van der Waals surface area (Å²) in [4.78, 5) is 4.14. The second-order valence-corrected chi connectivity index (χ2v) is 4.66. The van der Waals surface area contributed by atoms with Crippen LogP contribution in [-0.4, -0.2) is 21.7 Å². The van der Waals surface area contributed by atoms with E-state index in [2.05, 4.69) is 34.3 Å². The number of aromatic nitrogens is 3. The number of hydrogen-bond donors (Lipinski definition) is 2. The van der Waals surface area contributed by atoms with Gasteiger partial charge in [-0.25, -0.2) is 0 Å². The first-order valence-electron chi connectivity index (χ1n) is 6.44. The van der Waals surface area contributed by atoms with Crippen molar-refractivity contribution < 1.29 is 0 Å². The van der Waals surface area contributed by atoms with Gasteiger partial charge in [0.1, 0.15) is 0 Å². The smallest absolute Gasteiger partial charge is 0.0710 e. The monoisotopic (exact) mass is 244 g/mol. The molecule has 4 heteroatoms. The van der Waals surface area contributed by atoms with E-state index in [9.17, 15) is 0 Å². The van der Waals surface area contributed by atoms with Crippen molar-refractivity contribution in [2.24, 2.45) is 5.92 Å². The molecule has 0 saturated carbocycles. The molecule has 2 aromatic heterocycles. The van der Waals surface area contributed by atoms with Gasteiger partial charge in [-0.2, -0.15) is 5.10 Å². The minimum absolute atomic E-state index is 0.707. The van der Waals surface area contributed by atoms with Gasteiger partial charge < -0.3 is 5.32 Å². The van der Waals surface area contributed by atoms with Crippen LogP contribution >= 0.6 is 0 Å². The van der Waals surface area contributed by atoms with E-state index in [4.69, 9.17) is 0 Å². The Hall–Kier alpha value is -1.68. The summed E-state index contributed by atoms with van der Waals surface area (Å²) in [5.74, 6) is 0.707. The van der Waals surface area contributed by atoms with Crippen LogP contribution in [0.25, 0.3) is 11.3 Å². The Kier molecular flexibility index (Phi) is 4.47. The van der Waals surface area contributed by atoms with Crippen LogP contribution in [0.1, 0.15) is 25.8 Å². The second kappa shape index (κ2) is 6.31. The topological polar surface area (TPSA) is 53.6 Å². The minimum atomic E-state index is 0.707. The van der Waals surface area contributed by atoms with E-state index >= 15 is 0 Å². The molecule has 1 unspecified atom stereocenters. The molecule has 0 aliphatic rings. The highest BCUT2D eigenvalue weighted by molar-refractivity contribution is 5.61. The van der Waals surface area contributed by atoms with Crippen LogP contribution in [0.4, 0.5) is 0 Å². The molecule has 0 saturated heterocycles. The third kappa shape index (κ3) is 3.17. The number of rotatable bonds is 6. The van der Waals surface area contributed by atoms with Crippen molar-refractivity contribution in [1.82, 2.24) is 20.5 Å². The molecule has 18 heavy (non-hydrogen) atoms. The quantitative estimate of drug-likeness (QED) is 0.821. The van der Waals surface area contributed by atoms with Gasteiger partial charge in [-0.05, 0) is 24.6 Å². The Balaban J connectivity index is 2.00. The molecular formula is C14H20N4. The first kappa shape index (κ1) is 12.8. The number of nitrogens with one attached hydrogen (secondary N) is 2. The Morgan fingerprint density at radius 3 is 3.00 bits per heavy atom. The average molecular weight is 244 g/mol. The maximum Gasteiger partial charge on any atom is 0.0710 e. The van der Waals surface area contributed by atoms with Crippen molar-refractivity contribution in [1.29, 1.82) is 0 Å². The fourth-order valence-corrected chi connectivity index (χ4v) is 1.80. The zero-order chi connectivity index (χ0) is 12.8. The molecule has 0 aliphatic heterocycles. The van der Waals surface area contributed by atoms with Gasteiger partial charge in [0.05, 0.1) is 11.9 Å². The molecule has 96 valence electrons. The average Bonchev–Trinajstić information content (AvgIpc) is 2.88. The molecule has 0 bridgehead atoms. The molecule has 1 atom stereocenters. The number of H-pyrrole nitrogens is 1. The van der Waals surface area contributed by atoms with E-state index in [1.54, 1.807) is 6.20 Å². The number of pyridine rings is 1. The van der Waals surface area contributed by atoms with Gasteiger partial charge >= 0.3 is 0 Å². The van der Waals surface area contributed by atoms with E-state index in [0.717, 1.165) is 24.3 Å². The molecule has 0 fully saturated rings. The summed E-state index contributed by atoms with van der Waals surface area (Å²) in [6.45, 7) is 6.34. The zero-order valence-corrected chi connectivity index (χ0v) is 11.0. The van der Waals surface area contributed by atoms with Gasteiger partial charge in [0.25, 0.3) is 0 Å². The van der Waals surface area contributed by atoms with Crippen LogP contribution in [0.3, 0.4) is 0 Å². The molecular weight excluding hydrogens is 224 g/mol. The van der Waals surface area contributed by atoms with Crippen molar-refractivity contribution >= 4 is 0 Å². The van der Waals surface area contributed by atoms with Gasteiger partial charge in [0, 0.05) is 30.1 Å². The Bertz CT molecular complexity index is 464. The fraction of sp³-hybridized carbons (Fsp3) is 0.429. The molecule has 2 aromatic rings. The summed E-state index contributed by atoms with van der Waals surface area (Å²) in [6.07, 6.45) is 6.71. The first-order chi connectivity index (χ1) is 8.81. The lowest BCUT2D eigenvalue weighted by Gasteiger charge is -2.10. The first-order valence-corrected chi connectivity index (χ1v) is 6.44. The van der Waals surface area contributed by atoms with Crippen LogP contribution < -0.4 is 5.32 Å². The SMILES string of the molecule is CCC(C)CNCc1cn[nH]c1-c1cccnc1. The van der Waals surface area contributed by atoms with Gasteiger partial charge in [0.15, 0.2) is 0 Å². The van der Waals surface area contributed by atoms with E-state index in [1.165, 1.54) is 12.0 Å². The summed E-state index contributed by atoms with van der Waals surface area (Å²) in [6, 6.07) is 3.98. The van der Waals surface area contributed by atoms with Crippen LogP contribution in [0.5, 0.6) is 0 Å². The van der Waals surface area contributed by atoms with E-state index in [0.29, 0.717) is 5.92 Å². The van der Waals surface area contributed by atoms with Crippen molar-refractivity contribution in [3.8, 4) is 11.3 Å². The molecule has 0 aliphatic carbocycles. The molecule has 0 spiro atoms. The van der Waals surface area contributed by atoms with Crippen LogP contribution in [0, 0.1) is 5.92 Å². The summed E-state index contributed by atoms with van der Waals surface area (Å²) < 4.78 is 0. The summed E-state index contributed by atoms with van der Waals surface area (Å²) >= 11 is 0. The van der Waals surface area contributed by atoms with Gasteiger partial charge in [-0.1, -0.05) is 20.3 Å². The standard InChI is InChI=1S/C14H20N4/c1-3-11(2)7-16-9-13-10-17-18-14(13)12-5-4-6-15-8-12/h4-6,8,10-11,16H,3,7,9H2,1-2H3,(H,17,18). The normalized spacial score (nSPS) is 12.6. The number of nitrogens with zero attached hydrogens (tertiary/aromatic N) is 2. The van der Waals surface area contributed by atoms with E-state index < -0.39 is 0 Å². The predicted molar refractivity (Wildman–Crippen MR) is 73.0 cm³/mol. The highest BCUT2D eigenvalue weighted by Crippen LogP contribution is 2.19. The molecule has 0 aromatic carbocycles. The minimum Gasteiger partial charge on any atom is -0.312 e. The molecule has 2 rings (SSSR count). The third-order valence-electron chi connectivity index (χ3n) is 3.17. The van der Waals surface area contributed by atoms with E-state index in [-0.39, 0.29) is 0 Å². The summed E-state index contributed by atoms with van der Waals surface area (Å²) in [5.41, 5.74) is 3.32.